The highest BCUT2D eigenvalue weighted by atomic mass is 16.3. The fourth-order valence-corrected chi connectivity index (χ4v) is 2.41. The molecule has 100 valence electrons. The highest BCUT2D eigenvalue weighted by Crippen LogP contribution is 2.36. The molecular formula is C14H23N3O. The van der Waals surface area contributed by atoms with Gasteiger partial charge in [0.15, 0.2) is 0 Å². The number of nitrogens with zero attached hydrogens (tertiary/aromatic N) is 3. The predicted octanol–water partition coefficient (Wildman–Crippen LogP) is 1.80. The van der Waals surface area contributed by atoms with Gasteiger partial charge >= 0.3 is 0 Å². The van der Waals surface area contributed by atoms with Crippen LogP contribution < -0.4 is 0 Å². The molecule has 0 bridgehead atoms. The lowest BCUT2D eigenvalue weighted by Crippen LogP contribution is -2.24. The molecule has 1 aliphatic rings. The summed E-state index contributed by atoms with van der Waals surface area (Å²) in [6, 6.07) is 0. The van der Waals surface area contributed by atoms with Gasteiger partial charge in [0.05, 0.1) is 5.69 Å². The molecule has 0 aliphatic heterocycles. The van der Waals surface area contributed by atoms with Crippen molar-refractivity contribution in [2.75, 3.05) is 20.6 Å². The van der Waals surface area contributed by atoms with Crippen LogP contribution in [-0.2, 0) is 19.3 Å². The first-order valence-corrected chi connectivity index (χ1v) is 6.60. The molecule has 4 heteroatoms. The van der Waals surface area contributed by atoms with Gasteiger partial charge in [0, 0.05) is 18.5 Å². The van der Waals surface area contributed by atoms with E-state index < -0.39 is 0 Å². The Morgan fingerprint density at radius 3 is 2.67 bits per heavy atom. The van der Waals surface area contributed by atoms with Gasteiger partial charge in [-0.3, -0.25) is 0 Å². The van der Waals surface area contributed by atoms with Gasteiger partial charge in [-0.05, 0) is 38.8 Å². The standard InChI is InChI=1S/C14H23N3O/c1-14(2)7-5-11-10(9-14)13(18)16-12(15-11)6-8-17(3)4/h5-9H2,1-4H3,(H,15,16,18). The fraction of sp³-hybridized carbons (Fsp3) is 0.714. The average molecular weight is 249 g/mol. The Balaban J connectivity index is 2.22. The van der Waals surface area contributed by atoms with Crippen molar-refractivity contribution in [3.63, 3.8) is 0 Å². The zero-order valence-electron chi connectivity index (χ0n) is 11.8. The van der Waals surface area contributed by atoms with Gasteiger partial charge < -0.3 is 10.0 Å². The number of fused-ring (bicyclic) bond motifs is 1. The monoisotopic (exact) mass is 249 g/mol. The summed E-state index contributed by atoms with van der Waals surface area (Å²) in [5, 5.41) is 10.1. The molecule has 1 heterocycles. The number of hydrogen-bond donors (Lipinski definition) is 1. The van der Waals surface area contributed by atoms with Gasteiger partial charge in [0.1, 0.15) is 5.82 Å². The summed E-state index contributed by atoms with van der Waals surface area (Å²) in [6.45, 7) is 5.37. The Morgan fingerprint density at radius 2 is 2.00 bits per heavy atom. The molecule has 0 radical (unpaired) electrons. The second-order valence-electron chi connectivity index (χ2n) is 6.28. The van der Waals surface area contributed by atoms with Crippen molar-refractivity contribution in [1.29, 1.82) is 0 Å². The highest BCUT2D eigenvalue weighted by Gasteiger charge is 2.29. The van der Waals surface area contributed by atoms with Crippen LogP contribution in [0, 0.1) is 5.41 Å². The van der Waals surface area contributed by atoms with E-state index in [1.54, 1.807) is 0 Å². The molecule has 4 nitrogen and oxygen atoms in total. The van der Waals surface area contributed by atoms with Crippen molar-refractivity contribution < 1.29 is 5.11 Å². The van der Waals surface area contributed by atoms with Crippen LogP contribution in [0.1, 0.15) is 37.4 Å². The van der Waals surface area contributed by atoms with Gasteiger partial charge in [-0.25, -0.2) is 4.98 Å². The molecule has 0 amide bonds. The molecule has 0 aromatic carbocycles. The lowest BCUT2D eigenvalue weighted by molar-refractivity contribution is 0.300. The molecule has 1 aromatic heterocycles. The SMILES string of the molecule is CN(C)CCc1nc(O)c2c(n1)CCC(C)(C)C2. The van der Waals surface area contributed by atoms with Crippen LogP contribution in [0.15, 0.2) is 0 Å². The number of rotatable bonds is 3. The fourth-order valence-electron chi connectivity index (χ4n) is 2.41. The maximum absolute atomic E-state index is 10.1. The van der Waals surface area contributed by atoms with Gasteiger partial charge in [0.25, 0.3) is 0 Å². The molecule has 0 saturated carbocycles. The third-order valence-electron chi connectivity index (χ3n) is 3.59. The van der Waals surface area contributed by atoms with E-state index >= 15 is 0 Å². The topological polar surface area (TPSA) is 49.2 Å². The molecule has 0 fully saturated rings. The summed E-state index contributed by atoms with van der Waals surface area (Å²) < 4.78 is 0. The number of aromatic hydroxyl groups is 1. The van der Waals surface area contributed by atoms with Crippen molar-refractivity contribution in [3.05, 3.63) is 17.1 Å². The zero-order chi connectivity index (χ0) is 13.3. The molecule has 1 N–H and O–H groups in total. The van der Waals surface area contributed by atoms with Crippen molar-refractivity contribution in [1.82, 2.24) is 14.9 Å². The van der Waals surface area contributed by atoms with Gasteiger partial charge in [-0.2, -0.15) is 4.98 Å². The average Bonchev–Trinajstić information content (AvgIpc) is 2.27. The molecule has 1 aromatic rings. The van der Waals surface area contributed by atoms with Crippen LogP contribution in [0.4, 0.5) is 0 Å². The molecular weight excluding hydrogens is 226 g/mol. The maximum Gasteiger partial charge on any atom is 0.217 e. The molecule has 0 saturated heterocycles. The summed E-state index contributed by atoms with van der Waals surface area (Å²) in [5.74, 6) is 0.959. The number of aromatic nitrogens is 2. The third-order valence-corrected chi connectivity index (χ3v) is 3.59. The normalized spacial score (nSPS) is 17.8. The number of hydrogen-bond acceptors (Lipinski definition) is 4. The minimum absolute atomic E-state index is 0.196. The first kappa shape index (κ1) is 13.3. The highest BCUT2D eigenvalue weighted by molar-refractivity contribution is 5.33. The van der Waals surface area contributed by atoms with Crippen LogP contribution >= 0.6 is 0 Å². The molecule has 1 aliphatic carbocycles. The largest absolute Gasteiger partial charge is 0.493 e. The van der Waals surface area contributed by atoms with Crippen LogP contribution in [0.5, 0.6) is 5.88 Å². The first-order chi connectivity index (χ1) is 8.37. The van der Waals surface area contributed by atoms with Crippen molar-refractivity contribution >= 4 is 0 Å². The van der Waals surface area contributed by atoms with Gasteiger partial charge in [0.2, 0.25) is 5.88 Å². The second-order valence-corrected chi connectivity index (χ2v) is 6.28. The number of aryl methyl sites for hydroxylation is 1. The number of likely N-dealkylation sites (N-methyl/N-ethyl adjacent to an activating group) is 1. The Morgan fingerprint density at radius 1 is 1.28 bits per heavy atom. The maximum atomic E-state index is 10.1. The summed E-state index contributed by atoms with van der Waals surface area (Å²) >= 11 is 0. The minimum Gasteiger partial charge on any atom is -0.493 e. The van der Waals surface area contributed by atoms with Crippen molar-refractivity contribution in [3.8, 4) is 5.88 Å². The molecule has 2 rings (SSSR count). The molecule has 0 atom stereocenters. The Hall–Kier alpha value is -1.16. The Bertz CT molecular complexity index is 441. The van der Waals surface area contributed by atoms with E-state index in [1.165, 1.54) is 0 Å². The van der Waals surface area contributed by atoms with Crippen molar-refractivity contribution in [2.45, 2.75) is 39.5 Å². The van der Waals surface area contributed by atoms with E-state index in [1.807, 2.05) is 14.1 Å². The van der Waals surface area contributed by atoms with E-state index in [9.17, 15) is 5.11 Å². The van der Waals surface area contributed by atoms with E-state index in [0.717, 1.165) is 49.3 Å². The predicted molar refractivity (Wildman–Crippen MR) is 71.8 cm³/mol. The summed E-state index contributed by atoms with van der Waals surface area (Å²) in [6.07, 6.45) is 3.75. The van der Waals surface area contributed by atoms with Crippen molar-refractivity contribution in [2.24, 2.45) is 5.41 Å². The van der Waals surface area contributed by atoms with E-state index in [2.05, 4.69) is 28.7 Å². The second kappa shape index (κ2) is 4.84. The first-order valence-electron chi connectivity index (χ1n) is 6.60. The van der Waals surface area contributed by atoms with E-state index in [0.29, 0.717) is 0 Å². The molecule has 18 heavy (non-hydrogen) atoms. The summed E-state index contributed by atoms with van der Waals surface area (Å²) in [5.41, 5.74) is 2.26. The Labute approximate surface area is 109 Å². The van der Waals surface area contributed by atoms with Gasteiger partial charge in [-0.15, -0.1) is 0 Å². The third kappa shape index (κ3) is 2.99. The van der Waals surface area contributed by atoms with Gasteiger partial charge in [-0.1, -0.05) is 13.8 Å². The van der Waals surface area contributed by atoms with Crippen LogP contribution in [0.2, 0.25) is 0 Å². The lowest BCUT2D eigenvalue weighted by atomic mass is 9.76. The molecule has 0 unspecified atom stereocenters. The zero-order valence-corrected chi connectivity index (χ0v) is 11.8. The van der Waals surface area contributed by atoms with E-state index in [4.69, 9.17) is 0 Å². The van der Waals surface area contributed by atoms with Crippen LogP contribution in [0.3, 0.4) is 0 Å². The smallest absolute Gasteiger partial charge is 0.217 e. The minimum atomic E-state index is 0.196. The quantitative estimate of drug-likeness (QED) is 0.887. The summed E-state index contributed by atoms with van der Waals surface area (Å²) in [4.78, 5) is 11.0. The van der Waals surface area contributed by atoms with Crippen LogP contribution in [0.25, 0.3) is 0 Å². The lowest BCUT2D eigenvalue weighted by Gasteiger charge is -2.30. The molecule has 0 spiro atoms. The van der Waals surface area contributed by atoms with Crippen LogP contribution in [-0.4, -0.2) is 40.6 Å². The summed E-state index contributed by atoms with van der Waals surface area (Å²) in [7, 11) is 4.06. The van der Waals surface area contributed by atoms with E-state index in [-0.39, 0.29) is 11.3 Å². The Kier molecular flexibility index (Phi) is 3.57.